The van der Waals surface area contributed by atoms with Crippen LogP contribution in [0.4, 0.5) is 18.2 Å². The minimum absolute atomic E-state index is 0.0208. The van der Waals surface area contributed by atoms with E-state index < -0.39 is 23.1 Å². The van der Waals surface area contributed by atoms with E-state index in [0.29, 0.717) is 11.3 Å². The van der Waals surface area contributed by atoms with Gasteiger partial charge in [0.2, 0.25) is 0 Å². The Hall–Kier alpha value is -2.08. The van der Waals surface area contributed by atoms with Crippen LogP contribution >= 0.6 is 11.3 Å². The zero-order valence-electron chi connectivity index (χ0n) is 8.75. The van der Waals surface area contributed by atoms with Gasteiger partial charge in [-0.1, -0.05) is 0 Å². The number of hydrogen-bond acceptors (Lipinski definition) is 4. The number of carboxylic acids is 1. The second kappa shape index (κ2) is 4.66. The third-order valence-corrected chi connectivity index (χ3v) is 3.13. The van der Waals surface area contributed by atoms with Crippen molar-refractivity contribution in [2.75, 3.05) is 5.32 Å². The molecule has 1 amide bonds. The van der Waals surface area contributed by atoms with Crippen LogP contribution in [0.1, 0.15) is 20.8 Å². The standard InChI is InChI=1S/C9H5F3N2O3S/c1-3-4(2-13)6(18-5(3)7(15)16)14-8(17)9(10,11)12/h1H3,(H,14,17)(H,15,16). The molecule has 0 aromatic carbocycles. The average molecular weight is 278 g/mol. The van der Waals surface area contributed by atoms with E-state index in [1.807, 2.05) is 0 Å². The normalized spacial score (nSPS) is 10.8. The summed E-state index contributed by atoms with van der Waals surface area (Å²) in [6, 6.07) is 1.56. The molecule has 0 atom stereocenters. The number of nitriles is 1. The molecule has 9 heteroatoms. The first-order chi connectivity index (χ1) is 8.18. The number of carboxylic acid groups (broad SMARTS) is 1. The summed E-state index contributed by atoms with van der Waals surface area (Å²) in [4.78, 5) is 21.2. The largest absolute Gasteiger partial charge is 0.477 e. The summed E-state index contributed by atoms with van der Waals surface area (Å²) in [6.45, 7) is 1.28. The highest BCUT2D eigenvalue weighted by molar-refractivity contribution is 7.18. The second-order valence-corrected chi connectivity index (χ2v) is 4.15. The number of halogens is 3. The lowest BCUT2D eigenvalue weighted by atomic mass is 10.2. The maximum atomic E-state index is 12.0. The van der Waals surface area contributed by atoms with Gasteiger partial charge in [-0.3, -0.25) is 4.79 Å². The Morgan fingerprint density at radius 3 is 2.39 bits per heavy atom. The summed E-state index contributed by atoms with van der Waals surface area (Å²) < 4.78 is 36.1. The predicted molar refractivity (Wildman–Crippen MR) is 55.4 cm³/mol. The van der Waals surface area contributed by atoms with Gasteiger partial charge in [0.05, 0.1) is 5.56 Å². The van der Waals surface area contributed by atoms with Crippen molar-refractivity contribution in [3.63, 3.8) is 0 Å². The number of amides is 1. The van der Waals surface area contributed by atoms with Gasteiger partial charge in [0.15, 0.2) is 0 Å². The fourth-order valence-corrected chi connectivity index (χ4v) is 2.11. The van der Waals surface area contributed by atoms with Crippen LogP contribution in [0.3, 0.4) is 0 Å². The molecule has 0 unspecified atom stereocenters. The van der Waals surface area contributed by atoms with Crippen molar-refractivity contribution in [3.05, 3.63) is 16.0 Å². The molecule has 0 fully saturated rings. The number of nitrogens with one attached hydrogen (secondary N) is 1. The predicted octanol–water partition coefficient (Wildman–Crippen LogP) is 2.13. The van der Waals surface area contributed by atoms with Crippen molar-refractivity contribution in [3.8, 4) is 6.07 Å². The Bertz CT molecular complexity index is 557. The van der Waals surface area contributed by atoms with Gasteiger partial charge < -0.3 is 10.4 Å². The lowest BCUT2D eigenvalue weighted by Gasteiger charge is -2.05. The molecule has 5 nitrogen and oxygen atoms in total. The van der Waals surface area contributed by atoms with Crippen LogP contribution in [0.25, 0.3) is 0 Å². The summed E-state index contributed by atoms with van der Waals surface area (Å²) in [5.74, 6) is -3.63. The zero-order chi connectivity index (χ0) is 14.1. The molecule has 18 heavy (non-hydrogen) atoms. The molecule has 0 aliphatic carbocycles. The van der Waals surface area contributed by atoms with Crippen LogP contribution in [0.5, 0.6) is 0 Å². The second-order valence-electron chi connectivity index (χ2n) is 3.13. The van der Waals surface area contributed by atoms with Crippen LogP contribution in [0, 0.1) is 18.3 Å². The molecule has 2 N–H and O–H groups in total. The van der Waals surface area contributed by atoms with Crippen LogP contribution in [0.15, 0.2) is 0 Å². The van der Waals surface area contributed by atoms with E-state index in [-0.39, 0.29) is 16.0 Å². The topological polar surface area (TPSA) is 90.2 Å². The summed E-state index contributed by atoms with van der Waals surface area (Å²) in [5, 5.41) is 18.6. The molecule has 0 radical (unpaired) electrons. The number of aromatic carboxylic acids is 1. The van der Waals surface area contributed by atoms with E-state index in [1.165, 1.54) is 12.2 Å². The van der Waals surface area contributed by atoms with Crippen molar-refractivity contribution in [2.24, 2.45) is 0 Å². The van der Waals surface area contributed by atoms with Crippen molar-refractivity contribution in [1.82, 2.24) is 0 Å². The van der Waals surface area contributed by atoms with Crippen molar-refractivity contribution in [1.29, 1.82) is 5.26 Å². The highest BCUT2D eigenvalue weighted by Gasteiger charge is 2.39. The number of rotatable bonds is 2. The Morgan fingerprint density at radius 1 is 1.44 bits per heavy atom. The van der Waals surface area contributed by atoms with Crippen LogP contribution in [0.2, 0.25) is 0 Å². The number of thiophene rings is 1. The molecule has 96 valence electrons. The average Bonchev–Trinajstić information content (AvgIpc) is 2.53. The van der Waals surface area contributed by atoms with E-state index >= 15 is 0 Å². The Morgan fingerprint density at radius 2 is 2.00 bits per heavy atom. The molecule has 1 rings (SSSR count). The minimum Gasteiger partial charge on any atom is -0.477 e. The number of nitrogens with zero attached hydrogens (tertiary/aromatic N) is 1. The SMILES string of the molecule is Cc1c(C(=O)O)sc(NC(=O)C(F)(F)F)c1C#N. The molecule has 1 aromatic rings. The summed E-state index contributed by atoms with van der Waals surface area (Å²) in [5.41, 5.74) is -0.262. The van der Waals surface area contributed by atoms with Crippen molar-refractivity contribution < 1.29 is 27.9 Å². The Labute approximate surface area is 102 Å². The number of alkyl halides is 3. The van der Waals surface area contributed by atoms with E-state index in [2.05, 4.69) is 0 Å². The fraction of sp³-hybridized carbons (Fsp3) is 0.222. The number of hydrogen-bond donors (Lipinski definition) is 2. The molecular formula is C9H5F3N2O3S. The fourth-order valence-electron chi connectivity index (χ4n) is 1.11. The van der Waals surface area contributed by atoms with E-state index in [4.69, 9.17) is 10.4 Å². The highest BCUT2D eigenvalue weighted by atomic mass is 32.1. The summed E-state index contributed by atoms with van der Waals surface area (Å²) >= 11 is 0.409. The van der Waals surface area contributed by atoms with E-state index in [9.17, 15) is 22.8 Å². The Balaban J connectivity index is 3.19. The molecule has 0 saturated carbocycles. The minimum atomic E-state index is -5.10. The van der Waals surface area contributed by atoms with Crippen LogP contribution in [-0.2, 0) is 4.79 Å². The van der Waals surface area contributed by atoms with E-state index in [1.54, 1.807) is 6.07 Å². The highest BCUT2D eigenvalue weighted by Crippen LogP contribution is 2.33. The lowest BCUT2D eigenvalue weighted by Crippen LogP contribution is -2.29. The quantitative estimate of drug-likeness (QED) is 0.867. The molecule has 0 spiro atoms. The van der Waals surface area contributed by atoms with Crippen LogP contribution in [-0.4, -0.2) is 23.2 Å². The Kier molecular flexibility index (Phi) is 3.62. The lowest BCUT2D eigenvalue weighted by molar-refractivity contribution is -0.167. The van der Waals surface area contributed by atoms with Gasteiger partial charge in [-0.25, -0.2) is 4.79 Å². The monoisotopic (exact) mass is 278 g/mol. The molecule has 0 aliphatic heterocycles. The van der Waals surface area contributed by atoms with Gasteiger partial charge >= 0.3 is 18.1 Å². The molecule has 1 heterocycles. The molecule has 0 saturated heterocycles. The number of anilines is 1. The van der Waals surface area contributed by atoms with Gasteiger partial charge in [-0.15, -0.1) is 11.3 Å². The summed E-state index contributed by atoms with van der Waals surface area (Å²) in [6.07, 6.45) is -5.10. The maximum absolute atomic E-state index is 12.0. The maximum Gasteiger partial charge on any atom is 0.471 e. The van der Waals surface area contributed by atoms with Gasteiger partial charge in [0.25, 0.3) is 0 Å². The number of carbonyl (C=O) groups is 2. The molecule has 1 aromatic heterocycles. The van der Waals surface area contributed by atoms with Gasteiger partial charge in [0.1, 0.15) is 15.9 Å². The van der Waals surface area contributed by atoms with Crippen molar-refractivity contribution >= 4 is 28.2 Å². The third kappa shape index (κ3) is 2.60. The molecule has 0 aliphatic rings. The van der Waals surface area contributed by atoms with Gasteiger partial charge in [-0.2, -0.15) is 18.4 Å². The first kappa shape index (κ1) is 14.0. The van der Waals surface area contributed by atoms with Crippen LogP contribution < -0.4 is 5.32 Å². The summed E-state index contributed by atoms with van der Waals surface area (Å²) in [7, 11) is 0. The molecular weight excluding hydrogens is 273 g/mol. The van der Waals surface area contributed by atoms with E-state index in [0.717, 1.165) is 0 Å². The van der Waals surface area contributed by atoms with Gasteiger partial charge in [-0.05, 0) is 12.5 Å². The smallest absolute Gasteiger partial charge is 0.471 e. The van der Waals surface area contributed by atoms with Gasteiger partial charge in [0, 0.05) is 0 Å². The molecule has 0 bridgehead atoms. The first-order valence-electron chi connectivity index (χ1n) is 4.33. The zero-order valence-corrected chi connectivity index (χ0v) is 9.57. The van der Waals surface area contributed by atoms with Crippen molar-refractivity contribution in [2.45, 2.75) is 13.1 Å². The first-order valence-corrected chi connectivity index (χ1v) is 5.15. The third-order valence-electron chi connectivity index (χ3n) is 1.94. The number of carbonyl (C=O) groups excluding carboxylic acids is 1.